The highest BCUT2D eigenvalue weighted by molar-refractivity contribution is 6.29. The fourth-order valence-electron chi connectivity index (χ4n) is 2.35. The monoisotopic (exact) mass is 322 g/mol. The summed E-state index contributed by atoms with van der Waals surface area (Å²) in [5.74, 6) is 0.744. The predicted octanol–water partition coefficient (Wildman–Crippen LogP) is 2.83. The molecule has 0 aromatic carbocycles. The molecule has 0 N–H and O–H groups in total. The standard InChI is InChI=1S/C16H11ClN6/c17-14-8-11(5-7-19-14)9-16-21-20-15-4-3-13(22-23(15)16)12-2-1-6-18-10-12/h1-8,10H,9H2. The van der Waals surface area contributed by atoms with Crippen molar-refractivity contribution in [2.45, 2.75) is 6.42 Å². The van der Waals surface area contributed by atoms with E-state index in [2.05, 4.69) is 25.3 Å². The lowest BCUT2D eigenvalue weighted by Crippen LogP contribution is -2.01. The Morgan fingerprint density at radius 1 is 1.04 bits per heavy atom. The zero-order valence-electron chi connectivity index (χ0n) is 12.0. The Bertz CT molecular complexity index is 967. The lowest BCUT2D eigenvalue weighted by atomic mass is 10.2. The van der Waals surface area contributed by atoms with Crippen LogP contribution in [-0.4, -0.2) is 29.8 Å². The van der Waals surface area contributed by atoms with E-state index in [-0.39, 0.29) is 0 Å². The highest BCUT2D eigenvalue weighted by atomic mass is 35.5. The average Bonchev–Trinajstić information content (AvgIpc) is 2.98. The molecule has 0 saturated heterocycles. The van der Waals surface area contributed by atoms with Crippen LogP contribution in [0.25, 0.3) is 16.9 Å². The van der Waals surface area contributed by atoms with Crippen LogP contribution in [0.1, 0.15) is 11.4 Å². The number of hydrogen-bond donors (Lipinski definition) is 0. The van der Waals surface area contributed by atoms with Gasteiger partial charge in [0.05, 0.1) is 5.69 Å². The number of fused-ring (bicyclic) bond motifs is 1. The van der Waals surface area contributed by atoms with Gasteiger partial charge in [-0.25, -0.2) is 4.98 Å². The molecule has 0 unspecified atom stereocenters. The van der Waals surface area contributed by atoms with Crippen molar-refractivity contribution in [1.82, 2.24) is 29.8 Å². The van der Waals surface area contributed by atoms with E-state index in [1.807, 2.05) is 36.4 Å². The van der Waals surface area contributed by atoms with Gasteiger partial charge in [0.15, 0.2) is 11.5 Å². The number of rotatable bonds is 3. The van der Waals surface area contributed by atoms with Crippen molar-refractivity contribution in [3.05, 3.63) is 71.5 Å². The van der Waals surface area contributed by atoms with Crippen molar-refractivity contribution >= 4 is 17.2 Å². The first-order valence-corrected chi connectivity index (χ1v) is 7.39. The molecule has 6 nitrogen and oxygen atoms in total. The van der Waals surface area contributed by atoms with Crippen molar-refractivity contribution in [2.24, 2.45) is 0 Å². The maximum atomic E-state index is 5.93. The lowest BCUT2D eigenvalue weighted by molar-refractivity contribution is 0.840. The summed E-state index contributed by atoms with van der Waals surface area (Å²) in [5.41, 5.74) is 3.47. The number of hydrogen-bond acceptors (Lipinski definition) is 5. The van der Waals surface area contributed by atoms with E-state index in [4.69, 9.17) is 11.6 Å². The smallest absolute Gasteiger partial charge is 0.177 e. The highest BCUT2D eigenvalue weighted by Gasteiger charge is 2.10. The van der Waals surface area contributed by atoms with E-state index < -0.39 is 0 Å². The molecule has 0 aliphatic heterocycles. The summed E-state index contributed by atoms with van der Waals surface area (Å²) < 4.78 is 1.75. The van der Waals surface area contributed by atoms with Gasteiger partial charge in [-0.2, -0.15) is 9.61 Å². The summed E-state index contributed by atoms with van der Waals surface area (Å²) in [4.78, 5) is 8.11. The molecule has 4 aromatic rings. The Labute approximate surface area is 136 Å². The summed E-state index contributed by atoms with van der Waals surface area (Å²) in [7, 11) is 0. The van der Waals surface area contributed by atoms with Crippen molar-refractivity contribution < 1.29 is 0 Å². The third-order valence-electron chi connectivity index (χ3n) is 3.44. The summed E-state index contributed by atoms with van der Waals surface area (Å²) in [6, 6.07) is 11.4. The Balaban J connectivity index is 1.76. The van der Waals surface area contributed by atoms with E-state index in [1.54, 1.807) is 23.1 Å². The summed E-state index contributed by atoms with van der Waals surface area (Å²) in [5, 5.41) is 13.5. The zero-order chi connectivity index (χ0) is 15.6. The normalized spacial score (nSPS) is 11.0. The van der Waals surface area contributed by atoms with Gasteiger partial charge in [-0.15, -0.1) is 10.2 Å². The second-order valence-electron chi connectivity index (χ2n) is 5.01. The molecular weight excluding hydrogens is 312 g/mol. The molecule has 0 fully saturated rings. The van der Waals surface area contributed by atoms with Crippen LogP contribution >= 0.6 is 11.6 Å². The molecular formula is C16H11ClN6. The Morgan fingerprint density at radius 2 is 2.00 bits per heavy atom. The van der Waals surface area contributed by atoms with E-state index in [0.717, 1.165) is 22.6 Å². The van der Waals surface area contributed by atoms with Crippen LogP contribution in [0.3, 0.4) is 0 Å². The van der Waals surface area contributed by atoms with Crippen molar-refractivity contribution in [3.8, 4) is 11.3 Å². The van der Waals surface area contributed by atoms with E-state index in [9.17, 15) is 0 Å². The fourth-order valence-corrected chi connectivity index (χ4v) is 2.54. The molecule has 112 valence electrons. The largest absolute Gasteiger partial charge is 0.264 e. The fraction of sp³-hybridized carbons (Fsp3) is 0.0625. The van der Waals surface area contributed by atoms with Crippen LogP contribution in [0.2, 0.25) is 5.15 Å². The maximum Gasteiger partial charge on any atom is 0.177 e. The van der Waals surface area contributed by atoms with Crippen molar-refractivity contribution in [1.29, 1.82) is 0 Å². The van der Waals surface area contributed by atoms with Gasteiger partial charge in [0.2, 0.25) is 0 Å². The summed E-state index contributed by atoms with van der Waals surface area (Å²) in [6.07, 6.45) is 5.77. The molecule has 0 saturated carbocycles. The molecule has 7 heteroatoms. The minimum atomic E-state index is 0.459. The van der Waals surface area contributed by atoms with Crippen LogP contribution in [-0.2, 0) is 6.42 Å². The molecule has 4 heterocycles. The van der Waals surface area contributed by atoms with Gasteiger partial charge < -0.3 is 0 Å². The zero-order valence-corrected chi connectivity index (χ0v) is 12.7. The first-order chi connectivity index (χ1) is 11.3. The molecule has 0 aliphatic carbocycles. The molecule has 0 radical (unpaired) electrons. The molecule has 23 heavy (non-hydrogen) atoms. The van der Waals surface area contributed by atoms with Crippen LogP contribution in [0, 0.1) is 0 Å². The third-order valence-corrected chi connectivity index (χ3v) is 3.64. The molecule has 0 spiro atoms. The molecule has 4 aromatic heterocycles. The SMILES string of the molecule is Clc1cc(Cc2nnc3ccc(-c4cccnc4)nn23)ccn1. The first kappa shape index (κ1) is 13.8. The second-order valence-corrected chi connectivity index (χ2v) is 5.40. The summed E-state index contributed by atoms with van der Waals surface area (Å²) >= 11 is 5.93. The predicted molar refractivity (Wildman–Crippen MR) is 86.1 cm³/mol. The molecule has 0 atom stereocenters. The minimum absolute atomic E-state index is 0.459. The molecule has 0 amide bonds. The van der Waals surface area contributed by atoms with Crippen LogP contribution in [0.5, 0.6) is 0 Å². The van der Waals surface area contributed by atoms with Gasteiger partial charge >= 0.3 is 0 Å². The van der Waals surface area contributed by atoms with Crippen molar-refractivity contribution in [3.63, 3.8) is 0 Å². The maximum absolute atomic E-state index is 5.93. The number of aromatic nitrogens is 6. The Hall–Kier alpha value is -2.86. The van der Waals surface area contributed by atoms with E-state index >= 15 is 0 Å². The third kappa shape index (κ3) is 2.76. The number of nitrogens with zero attached hydrogens (tertiary/aromatic N) is 6. The lowest BCUT2D eigenvalue weighted by Gasteiger charge is -2.03. The van der Waals surface area contributed by atoms with Gasteiger partial charge in [-0.1, -0.05) is 11.6 Å². The molecule has 0 aliphatic rings. The topological polar surface area (TPSA) is 68.9 Å². The number of pyridine rings is 2. The Morgan fingerprint density at radius 3 is 2.83 bits per heavy atom. The van der Waals surface area contributed by atoms with E-state index in [0.29, 0.717) is 17.2 Å². The van der Waals surface area contributed by atoms with Crippen LogP contribution in [0.15, 0.2) is 55.0 Å². The van der Waals surface area contributed by atoms with Crippen LogP contribution in [0.4, 0.5) is 0 Å². The van der Waals surface area contributed by atoms with Gasteiger partial charge in [-0.3, -0.25) is 4.98 Å². The second kappa shape index (κ2) is 5.73. The average molecular weight is 323 g/mol. The van der Waals surface area contributed by atoms with Gasteiger partial charge in [-0.05, 0) is 42.0 Å². The van der Waals surface area contributed by atoms with Crippen LogP contribution < -0.4 is 0 Å². The van der Waals surface area contributed by atoms with Gasteiger partial charge in [0.25, 0.3) is 0 Å². The number of halogens is 1. The van der Waals surface area contributed by atoms with Crippen molar-refractivity contribution in [2.75, 3.05) is 0 Å². The quantitative estimate of drug-likeness (QED) is 0.542. The first-order valence-electron chi connectivity index (χ1n) is 7.02. The minimum Gasteiger partial charge on any atom is -0.264 e. The van der Waals surface area contributed by atoms with Gasteiger partial charge in [0.1, 0.15) is 5.15 Å². The Kier molecular flexibility index (Phi) is 3.44. The summed E-state index contributed by atoms with van der Waals surface area (Å²) in [6.45, 7) is 0. The van der Waals surface area contributed by atoms with Gasteiger partial charge in [0, 0.05) is 30.6 Å². The van der Waals surface area contributed by atoms with E-state index in [1.165, 1.54) is 0 Å². The highest BCUT2D eigenvalue weighted by Crippen LogP contribution is 2.17. The molecule has 4 rings (SSSR count). The molecule has 0 bridgehead atoms.